The predicted octanol–water partition coefficient (Wildman–Crippen LogP) is 3.74. The maximum Gasteiger partial charge on any atom is 0.0966 e. The van der Waals surface area contributed by atoms with Gasteiger partial charge in [-0.3, -0.25) is 0 Å². The molecule has 1 N–H and O–H groups in total. The fraction of sp³-hybridized carbons (Fsp3) is 0.267. The first-order chi connectivity index (χ1) is 8.66. The molecule has 0 saturated carbocycles. The summed E-state index contributed by atoms with van der Waals surface area (Å²) >= 11 is 1.72. The van der Waals surface area contributed by atoms with Gasteiger partial charge >= 0.3 is 0 Å². The van der Waals surface area contributed by atoms with Crippen LogP contribution in [0.5, 0.6) is 0 Å². The van der Waals surface area contributed by atoms with Crippen molar-refractivity contribution < 1.29 is 5.11 Å². The zero-order valence-electron chi connectivity index (χ0n) is 10.6. The third-order valence-electron chi connectivity index (χ3n) is 2.78. The van der Waals surface area contributed by atoms with Crippen LogP contribution in [0.15, 0.2) is 47.5 Å². The van der Waals surface area contributed by atoms with Gasteiger partial charge in [-0.25, -0.2) is 4.98 Å². The minimum atomic E-state index is -0.453. The minimum absolute atomic E-state index is 0.453. The van der Waals surface area contributed by atoms with E-state index in [1.165, 1.54) is 5.56 Å². The zero-order valence-corrected chi connectivity index (χ0v) is 11.4. The molecule has 3 heteroatoms. The van der Waals surface area contributed by atoms with E-state index in [2.05, 4.69) is 17.1 Å². The van der Waals surface area contributed by atoms with Gasteiger partial charge in [0.15, 0.2) is 0 Å². The second kappa shape index (κ2) is 6.03. The second-order valence-electron chi connectivity index (χ2n) is 4.27. The molecule has 1 aromatic heterocycles. The highest BCUT2D eigenvalue weighted by Gasteiger charge is 2.07. The van der Waals surface area contributed by atoms with Crippen LogP contribution in [0, 0.1) is 6.92 Å². The molecule has 1 heterocycles. The number of nitrogens with zero attached hydrogens (tertiary/aromatic N) is 1. The molecule has 18 heavy (non-hydrogen) atoms. The molecule has 1 atom stereocenters. The average molecular weight is 259 g/mol. The molecule has 0 fully saturated rings. The number of rotatable bonds is 4. The quantitative estimate of drug-likeness (QED) is 0.849. The number of aliphatic hydroxyl groups excluding tert-OH is 1. The van der Waals surface area contributed by atoms with Crippen LogP contribution in [0.1, 0.15) is 29.8 Å². The number of benzene rings is 1. The molecule has 1 aromatic carbocycles. The molecule has 94 valence electrons. The molecule has 0 bridgehead atoms. The molecule has 0 aliphatic heterocycles. The molecule has 0 aliphatic carbocycles. The summed E-state index contributed by atoms with van der Waals surface area (Å²) in [5.74, 6) is 0.918. The van der Waals surface area contributed by atoms with Crippen molar-refractivity contribution >= 4 is 11.8 Å². The molecule has 2 rings (SSSR count). The molecular weight excluding hydrogens is 242 g/mol. The first-order valence-electron chi connectivity index (χ1n) is 5.99. The lowest BCUT2D eigenvalue weighted by Crippen LogP contribution is -1.98. The first-order valence-corrected chi connectivity index (χ1v) is 6.97. The van der Waals surface area contributed by atoms with Gasteiger partial charge in [0.2, 0.25) is 0 Å². The average Bonchev–Trinajstić information content (AvgIpc) is 2.37. The molecule has 0 amide bonds. The van der Waals surface area contributed by atoms with Crippen molar-refractivity contribution in [1.29, 1.82) is 0 Å². The Hall–Kier alpha value is -1.32. The van der Waals surface area contributed by atoms with Crippen LogP contribution in [-0.2, 0) is 5.75 Å². The second-order valence-corrected chi connectivity index (χ2v) is 5.27. The molecule has 1 unspecified atom stereocenters. The predicted molar refractivity (Wildman–Crippen MR) is 75.6 cm³/mol. The van der Waals surface area contributed by atoms with Crippen molar-refractivity contribution in [2.75, 3.05) is 0 Å². The van der Waals surface area contributed by atoms with Crippen LogP contribution in [0.2, 0.25) is 0 Å². The summed E-state index contributed by atoms with van der Waals surface area (Å²) in [6.45, 7) is 3.70. The Morgan fingerprint density at radius 2 is 1.89 bits per heavy atom. The molecule has 0 saturated heterocycles. The maximum atomic E-state index is 9.56. The van der Waals surface area contributed by atoms with Crippen LogP contribution in [0.4, 0.5) is 0 Å². The Bertz CT molecular complexity index is 511. The fourth-order valence-corrected chi connectivity index (χ4v) is 2.67. The van der Waals surface area contributed by atoms with Crippen LogP contribution in [-0.4, -0.2) is 10.1 Å². The summed E-state index contributed by atoms with van der Waals surface area (Å²) in [6.07, 6.45) is -0.453. The number of aryl methyl sites for hydroxylation is 1. The van der Waals surface area contributed by atoms with Gasteiger partial charge in [-0.2, -0.15) is 0 Å². The monoisotopic (exact) mass is 259 g/mol. The van der Waals surface area contributed by atoms with Crippen molar-refractivity contribution in [2.45, 2.75) is 30.7 Å². The van der Waals surface area contributed by atoms with E-state index < -0.39 is 6.10 Å². The lowest BCUT2D eigenvalue weighted by atomic mass is 10.1. The Morgan fingerprint density at radius 3 is 2.50 bits per heavy atom. The Labute approximate surface area is 112 Å². The molecule has 0 aliphatic rings. The van der Waals surface area contributed by atoms with Crippen molar-refractivity contribution in [3.8, 4) is 0 Å². The largest absolute Gasteiger partial charge is 0.389 e. The van der Waals surface area contributed by atoms with Gasteiger partial charge < -0.3 is 5.11 Å². The summed E-state index contributed by atoms with van der Waals surface area (Å²) in [5, 5.41) is 10.6. The summed E-state index contributed by atoms with van der Waals surface area (Å²) in [4.78, 5) is 4.51. The molecule has 0 radical (unpaired) electrons. The van der Waals surface area contributed by atoms with Crippen molar-refractivity contribution in [1.82, 2.24) is 4.98 Å². The smallest absolute Gasteiger partial charge is 0.0966 e. The maximum absolute atomic E-state index is 9.56. The van der Waals surface area contributed by atoms with Crippen molar-refractivity contribution in [3.05, 3.63) is 59.3 Å². The van der Waals surface area contributed by atoms with Gasteiger partial charge in [-0.05, 0) is 25.5 Å². The summed E-state index contributed by atoms with van der Waals surface area (Å²) in [6, 6.07) is 14.3. The van der Waals surface area contributed by atoms with E-state index in [-0.39, 0.29) is 0 Å². The minimum Gasteiger partial charge on any atom is -0.389 e. The van der Waals surface area contributed by atoms with Gasteiger partial charge in [-0.15, -0.1) is 11.8 Å². The zero-order chi connectivity index (χ0) is 13.0. The molecular formula is C15H17NOS. The van der Waals surface area contributed by atoms with Crippen LogP contribution < -0.4 is 0 Å². The molecule has 0 spiro atoms. The standard InChI is InChI=1S/C15H17NOS/c1-11-14(12(2)17)8-9-15(16-11)18-10-13-6-4-3-5-7-13/h3-9,12,17H,10H2,1-2H3. The van der Waals surface area contributed by atoms with E-state index in [0.29, 0.717) is 0 Å². The van der Waals surface area contributed by atoms with Crippen molar-refractivity contribution in [2.24, 2.45) is 0 Å². The summed E-state index contributed by atoms with van der Waals surface area (Å²) in [7, 11) is 0. The van der Waals surface area contributed by atoms with E-state index in [1.807, 2.05) is 37.3 Å². The third kappa shape index (κ3) is 3.34. The molecule has 2 nitrogen and oxygen atoms in total. The van der Waals surface area contributed by atoms with Crippen LogP contribution >= 0.6 is 11.8 Å². The highest BCUT2D eigenvalue weighted by Crippen LogP contribution is 2.24. The highest BCUT2D eigenvalue weighted by atomic mass is 32.2. The van der Waals surface area contributed by atoms with Crippen LogP contribution in [0.3, 0.4) is 0 Å². The number of pyridine rings is 1. The number of thioether (sulfide) groups is 1. The number of hydrogen-bond donors (Lipinski definition) is 1. The van der Waals surface area contributed by atoms with E-state index in [0.717, 1.165) is 22.0 Å². The number of aliphatic hydroxyl groups is 1. The fourth-order valence-electron chi connectivity index (χ4n) is 1.80. The Balaban J connectivity index is 2.05. The van der Waals surface area contributed by atoms with Gasteiger partial charge in [0.05, 0.1) is 11.1 Å². The van der Waals surface area contributed by atoms with Gasteiger partial charge in [0.25, 0.3) is 0 Å². The van der Waals surface area contributed by atoms with E-state index in [4.69, 9.17) is 0 Å². The lowest BCUT2D eigenvalue weighted by molar-refractivity contribution is 0.198. The topological polar surface area (TPSA) is 33.1 Å². The highest BCUT2D eigenvalue weighted by molar-refractivity contribution is 7.98. The summed E-state index contributed by atoms with van der Waals surface area (Å²) < 4.78 is 0. The summed E-state index contributed by atoms with van der Waals surface area (Å²) in [5.41, 5.74) is 3.10. The lowest BCUT2D eigenvalue weighted by Gasteiger charge is -2.09. The van der Waals surface area contributed by atoms with E-state index in [9.17, 15) is 5.11 Å². The van der Waals surface area contributed by atoms with E-state index in [1.54, 1.807) is 18.7 Å². The Morgan fingerprint density at radius 1 is 1.17 bits per heavy atom. The van der Waals surface area contributed by atoms with Crippen LogP contribution in [0.25, 0.3) is 0 Å². The number of hydrogen-bond acceptors (Lipinski definition) is 3. The SMILES string of the molecule is Cc1nc(SCc2ccccc2)ccc1C(C)O. The van der Waals surface area contributed by atoms with Gasteiger partial charge in [0, 0.05) is 17.0 Å². The van der Waals surface area contributed by atoms with Gasteiger partial charge in [0.1, 0.15) is 0 Å². The Kier molecular flexibility index (Phi) is 4.39. The van der Waals surface area contributed by atoms with Crippen molar-refractivity contribution in [3.63, 3.8) is 0 Å². The first kappa shape index (κ1) is 13.1. The van der Waals surface area contributed by atoms with E-state index >= 15 is 0 Å². The van der Waals surface area contributed by atoms with Gasteiger partial charge in [-0.1, -0.05) is 36.4 Å². The normalized spacial score (nSPS) is 12.4. The number of aromatic nitrogens is 1. The third-order valence-corrected chi connectivity index (χ3v) is 3.78. The molecule has 2 aromatic rings.